The molecule has 0 atom stereocenters. The van der Waals surface area contributed by atoms with Crippen molar-refractivity contribution < 1.29 is 19.1 Å². The highest BCUT2D eigenvalue weighted by Gasteiger charge is 2.40. The van der Waals surface area contributed by atoms with Gasteiger partial charge in [-0.3, -0.25) is 14.5 Å². The smallest absolute Gasteiger partial charge is 0.278 e. The van der Waals surface area contributed by atoms with Crippen molar-refractivity contribution in [3.63, 3.8) is 0 Å². The molecule has 0 saturated carbocycles. The number of ether oxygens (including phenoxy) is 2. The zero-order valence-corrected chi connectivity index (χ0v) is 16.8. The van der Waals surface area contributed by atoms with E-state index < -0.39 is 0 Å². The molecule has 0 radical (unpaired) electrons. The van der Waals surface area contributed by atoms with Crippen molar-refractivity contribution in [3.8, 4) is 11.5 Å². The summed E-state index contributed by atoms with van der Waals surface area (Å²) in [7, 11) is 3.09. The Balaban J connectivity index is 2.07. The molecule has 1 aliphatic heterocycles. The van der Waals surface area contributed by atoms with Crippen LogP contribution in [0.5, 0.6) is 11.5 Å². The predicted octanol–water partition coefficient (Wildman–Crippen LogP) is 3.96. The third kappa shape index (κ3) is 3.55. The summed E-state index contributed by atoms with van der Waals surface area (Å²) in [6, 6.07) is 11.8. The zero-order valence-electron chi connectivity index (χ0n) is 16.1. The van der Waals surface area contributed by atoms with Gasteiger partial charge in [0.1, 0.15) is 17.2 Å². The summed E-state index contributed by atoms with van der Waals surface area (Å²) in [5.41, 5.74) is 1.74. The fourth-order valence-corrected chi connectivity index (χ4v) is 3.30. The third-order valence-corrected chi connectivity index (χ3v) is 4.73. The van der Waals surface area contributed by atoms with Gasteiger partial charge in [-0.05, 0) is 49.7 Å². The van der Waals surface area contributed by atoms with E-state index in [4.69, 9.17) is 21.1 Å². The number of hydrogen-bond donors (Lipinski definition) is 1. The third-order valence-electron chi connectivity index (χ3n) is 4.43. The average molecular weight is 401 g/mol. The van der Waals surface area contributed by atoms with Crippen molar-refractivity contribution in [1.29, 1.82) is 0 Å². The van der Waals surface area contributed by atoms with Gasteiger partial charge < -0.3 is 14.8 Å². The van der Waals surface area contributed by atoms with Crippen LogP contribution in [0.15, 0.2) is 48.2 Å². The van der Waals surface area contributed by atoms with Gasteiger partial charge >= 0.3 is 0 Å². The van der Waals surface area contributed by atoms with E-state index in [0.717, 1.165) is 0 Å². The summed E-state index contributed by atoms with van der Waals surface area (Å²) in [5.74, 6) is 0.470. The molecule has 0 saturated heterocycles. The molecule has 0 fully saturated rings. The molecule has 0 aliphatic carbocycles. The van der Waals surface area contributed by atoms with Crippen molar-refractivity contribution in [1.82, 2.24) is 4.90 Å². The number of carbonyl (C=O) groups excluding carboxylic acids is 2. The number of halogens is 1. The Labute approximate surface area is 168 Å². The molecule has 1 heterocycles. The van der Waals surface area contributed by atoms with E-state index in [9.17, 15) is 9.59 Å². The van der Waals surface area contributed by atoms with Crippen molar-refractivity contribution >= 4 is 34.7 Å². The van der Waals surface area contributed by atoms with Gasteiger partial charge in [0.05, 0.1) is 24.8 Å². The maximum absolute atomic E-state index is 13.0. The topological polar surface area (TPSA) is 67.9 Å². The number of anilines is 1. The molecule has 6 nitrogen and oxygen atoms in total. The van der Waals surface area contributed by atoms with Crippen LogP contribution < -0.4 is 14.8 Å². The Morgan fingerprint density at radius 2 is 1.64 bits per heavy atom. The van der Waals surface area contributed by atoms with Crippen molar-refractivity contribution in [2.24, 2.45) is 0 Å². The highest BCUT2D eigenvalue weighted by atomic mass is 35.5. The van der Waals surface area contributed by atoms with Gasteiger partial charge in [-0.1, -0.05) is 23.7 Å². The number of benzene rings is 2. The van der Waals surface area contributed by atoms with E-state index in [1.54, 1.807) is 63.4 Å². The van der Waals surface area contributed by atoms with Crippen molar-refractivity contribution in [2.45, 2.75) is 19.9 Å². The number of nitrogens with one attached hydrogen (secondary N) is 1. The Morgan fingerprint density at radius 3 is 2.18 bits per heavy atom. The summed E-state index contributed by atoms with van der Waals surface area (Å²) in [5, 5.41) is 3.47. The molecular formula is C21H21ClN2O4. The lowest BCUT2D eigenvalue weighted by Gasteiger charge is -2.19. The first kappa shape index (κ1) is 19.8. The minimum absolute atomic E-state index is 0.213. The Morgan fingerprint density at radius 1 is 0.964 bits per heavy atom. The molecule has 28 heavy (non-hydrogen) atoms. The van der Waals surface area contributed by atoms with Gasteiger partial charge in [0.15, 0.2) is 0 Å². The van der Waals surface area contributed by atoms with E-state index in [-0.39, 0.29) is 23.6 Å². The maximum atomic E-state index is 13.0. The second-order valence-electron chi connectivity index (χ2n) is 6.53. The summed E-state index contributed by atoms with van der Waals surface area (Å²) in [4.78, 5) is 27.2. The van der Waals surface area contributed by atoms with Crippen LogP contribution in [-0.2, 0) is 9.59 Å². The SMILES string of the molecule is COc1ccc(C2=C(Nc3ccc(OC)c(Cl)c3)C(=O)N(C(C)C)C2=O)cc1. The van der Waals surface area contributed by atoms with Gasteiger partial charge in [-0.2, -0.15) is 0 Å². The molecule has 1 N–H and O–H groups in total. The standard InChI is InChI=1S/C21H21ClN2O4/c1-12(2)24-20(25)18(13-5-8-15(27-3)9-6-13)19(21(24)26)23-14-7-10-17(28-4)16(22)11-14/h5-12,23H,1-4H3. The summed E-state index contributed by atoms with van der Waals surface area (Å²) >= 11 is 6.19. The van der Waals surface area contributed by atoms with E-state index in [0.29, 0.717) is 33.3 Å². The number of carbonyl (C=O) groups is 2. The number of methoxy groups -OCH3 is 2. The number of nitrogens with zero attached hydrogens (tertiary/aromatic N) is 1. The first-order valence-electron chi connectivity index (χ1n) is 8.74. The van der Waals surface area contributed by atoms with E-state index in [1.807, 2.05) is 0 Å². The molecule has 146 valence electrons. The highest BCUT2D eigenvalue weighted by Crippen LogP contribution is 2.34. The van der Waals surface area contributed by atoms with Crippen LogP contribution in [0.25, 0.3) is 5.57 Å². The lowest BCUT2D eigenvalue weighted by atomic mass is 10.0. The molecule has 2 aromatic rings. The van der Waals surface area contributed by atoms with Crippen LogP contribution in [0.2, 0.25) is 5.02 Å². The van der Waals surface area contributed by atoms with Crippen LogP contribution in [0.1, 0.15) is 19.4 Å². The molecule has 0 unspecified atom stereocenters. The minimum atomic E-state index is -0.377. The van der Waals surface area contributed by atoms with Crippen LogP contribution in [0, 0.1) is 0 Å². The fourth-order valence-electron chi connectivity index (χ4n) is 3.05. The first-order chi connectivity index (χ1) is 13.4. The Bertz CT molecular complexity index is 951. The molecule has 3 rings (SSSR count). The average Bonchev–Trinajstić information content (AvgIpc) is 2.92. The van der Waals surface area contributed by atoms with Crippen LogP contribution in [-0.4, -0.2) is 37.0 Å². The van der Waals surface area contributed by atoms with E-state index >= 15 is 0 Å². The van der Waals surface area contributed by atoms with Gasteiger partial charge in [0.2, 0.25) is 0 Å². The Hall–Kier alpha value is -2.99. The van der Waals surface area contributed by atoms with Gasteiger partial charge in [0.25, 0.3) is 11.8 Å². The van der Waals surface area contributed by atoms with Crippen LogP contribution >= 0.6 is 11.6 Å². The largest absolute Gasteiger partial charge is 0.497 e. The molecule has 0 spiro atoms. The summed E-state index contributed by atoms with van der Waals surface area (Å²) in [6.45, 7) is 3.60. The highest BCUT2D eigenvalue weighted by molar-refractivity contribution is 6.37. The van der Waals surface area contributed by atoms with Gasteiger partial charge in [-0.25, -0.2) is 0 Å². The summed E-state index contributed by atoms with van der Waals surface area (Å²) < 4.78 is 10.3. The Kier molecular flexibility index (Phi) is 5.61. The number of hydrogen-bond acceptors (Lipinski definition) is 5. The van der Waals surface area contributed by atoms with Crippen LogP contribution in [0.4, 0.5) is 5.69 Å². The van der Waals surface area contributed by atoms with Crippen LogP contribution in [0.3, 0.4) is 0 Å². The molecule has 1 aliphatic rings. The van der Waals surface area contributed by atoms with Gasteiger partial charge in [0, 0.05) is 11.7 Å². The number of imide groups is 1. The quantitative estimate of drug-likeness (QED) is 0.743. The maximum Gasteiger partial charge on any atom is 0.278 e. The van der Waals surface area contributed by atoms with Crippen molar-refractivity contribution in [3.05, 3.63) is 58.7 Å². The first-order valence-corrected chi connectivity index (χ1v) is 9.12. The molecule has 2 aromatic carbocycles. The zero-order chi connectivity index (χ0) is 20.4. The molecule has 0 aromatic heterocycles. The number of rotatable bonds is 6. The van der Waals surface area contributed by atoms with E-state index in [2.05, 4.69) is 5.32 Å². The second-order valence-corrected chi connectivity index (χ2v) is 6.93. The number of amides is 2. The second kappa shape index (κ2) is 7.94. The fraction of sp³-hybridized carbons (Fsp3) is 0.238. The lowest BCUT2D eigenvalue weighted by molar-refractivity contribution is -0.138. The van der Waals surface area contributed by atoms with E-state index in [1.165, 1.54) is 12.0 Å². The normalized spacial score (nSPS) is 14.1. The molecule has 7 heteroatoms. The molecule has 2 amide bonds. The monoisotopic (exact) mass is 400 g/mol. The minimum Gasteiger partial charge on any atom is -0.497 e. The summed E-state index contributed by atoms with van der Waals surface area (Å²) in [6.07, 6.45) is 0. The molecule has 0 bridgehead atoms. The van der Waals surface area contributed by atoms with Gasteiger partial charge in [-0.15, -0.1) is 0 Å². The predicted molar refractivity (Wildman–Crippen MR) is 109 cm³/mol. The van der Waals surface area contributed by atoms with Crippen molar-refractivity contribution in [2.75, 3.05) is 19.5 Å². The molecular weight excluding hydrogens is 380 g/mol. The lowest BCUT2D eigenvalue weighted by Crippen LogP contribution is -2.38.